The van der Waals surface area contributed by atoms with Gasteiger partial charge in [-0.05, 0) is 60.2 Å². The number of benzene rings is 3. The number of rotatable bonds is 9. The highest BCUT2D eigenvalue weighted by atomic mass is 35.5. The quantitative estimate of drug-likeness (QED) is 0.185. The number of nitriles is 1. The molecule has 0 fully saturated rings. The second-order valence-electron chi connectivity index (χ2n) is 6.96. The maximum Gasteiger partial charge on any atom is 0.266 e. The van der Waals surface area contributed by atoms with E-state index in [2.05, 4.69) is 11.9 Å². The molecule has 0 heterocycles. The maximum absolute atomic E-state index is 12.6. The van der Waals surface area contributed by atoms with Crippen molar-refractivity contribution in [3.63, 3.8) is 0 Å². The zero-order valence-electron chi connectivity index (χ0n) is 17.9. The van der Waals surface area contributed by atoms with Crippen molar-refractivity contribution >= 4 is 52.5 Å². The first-order chi connectivity index (χ1) is 16.4. The normalized spacial score (nSPS) is 10.8. The first-order valence-corrected chi connectivity index (χ1v) is 11.2. The van der Waals surface area contributed by atoms with Crippen LogP contribution in [0.1, 0.15) is 11.1 Å². The summed E-state index contributed by atoms with van der Waals surface area (Å²) in [6.45, 7) is 4.17. The van der Waals surface area contributed by atoms with Crippen molar-refractivity contribution < 1.29 is 14.3 Å². The fourth-order valence-corrected chi connectivity index (χ4v) is 3.53. The Morgan fingerprint density at radius 2 is 1.76 bits per heavy atom. The lowest BCUT2D eigenvalue weighted by molar-refractivity contribution is -0.112. The van der Waals surface area contributed by atoms with Crippen molar-refractivity contribution in [3.8, 4) is 17.6 Å². The summed E-state index contributed by atoms with van der Waals surface area (Å²) in [5.41, 5.74) is 1.82. The monoisotopic (exact) mass is 512 g/mol. The Bertz CT molecular complexity index is 1270. The summed E-state index contributed by atoms with van der Waals surface area (Å²) >= 11 is 18.3. The van der Waals surface area contributed by atoms with Crippen molar-refractivity contribution in [2.75, 3.05) is 11.9 Å². The minimum absolute atomic E-state index is 0.0754. The second kappa shape index (κ2) is 12.2. The van der Waals surface area contributed by atoms with Gasteiger partial charge in [0.15, 0.2) is 0 Å². The molecule has 3 rings (SSSR count). The molecule has 0 aliphatic carbocycles. The summed E-state index contributed by atoms with van der Waals surface area (Å²) in [5.74, 6) is 0.531. The third kappa shape index (κ3) is 7.03. The van der Waals surface area contributed by atoms with Gasteiger partial charge in [-0.2, -0.15) is 5.26 Å². The molecule has 0 aliphatic rings. The first kappa shape index (κ1) is 25.2. The third-order valence-electron chi connectivity index (χ3n) is 4.51. The Labute approximate surface area is 212 Å². The number of amides is 1. The van der Waals surface area contributed by atoms with E-state index in [9.17, 15) is 10.1 Å². The van der Waals surface area contributed by atoms with Crippen LogP contribution >= 0.6 is 34.8 Å². The molecule has 3 aromatic rings. The number of nitrogens with one attached hydrogen (secondary N) is 1. The summed E-state index contributed by atoms with van der Waals surface area (Å²) in [4.78, 5) is 12.6. The molecule has 0 saturated heterocycles. The number of nitrogens with zero attached hydrogens (tertiary/aromatic N) is 1. The summed E-state index contributed by atoms with van der Waals surface area (Å²) in [6, 6.07) is 18.8. The van der Waals surface area contributed by atoms with E-state index >= 15 is 0 Å². The Hall–Kier alpha value is -3.43. The minimum atomic E-state index is -0.549. The SMILES string of the molecule is C=CCOc1ccc(/C=C(\C#N)C(=O)Nc2ccc(OCc3ccc(Cl)cc3Cl)cc2)cc1Cl. The Balaban J connectivity index is 1.63. The van der Waals surface area contributed by atoms with Crippen LogP contribution in [0.2, 0.25) is 15.1 Å². The molecule has 0 aliphatic heterocycles. The van der Waals surface area contributed by atoms with Gasteiger partial charge in [-0.25, -0.2) is 0 Å². The molecule has 172 valence electrons. The molecule has 0 radical (unpaired) electrons. The van der Waals surface area contributed by atoms with Gasteiger partial charge >= 0.3 is 0 Å². The number of ether oxygens (including phenoxy) is 2. The average molecular weight is 514 g/mol. The highest BCUT2D eigenvalue weighted by Crippen LogP contribution is 2.27. The van der Waals surface area contributed by atoms with Crippen LogP contribution < -0.4 is 14.8 Å². The standard InChI is InChI=1S/C26H19Cl3N2O3/c1-2-11-33-25-10-3-17(13-24(25)29)12-19(15-30)26(32)31-21-6-8-22(9-7-21)34-16-18-4-5-20(27)14-23(18)28/h2-10,12-14H,1,11,16H2,(H,31,32)/b19-12+. The zero-order chi connectivity index (χ0) is 24.5. The highest BCUT2D eigenvalue weighted by Gasteiger charge is 2.11. The molecule has 0 spiro atoms. The van der Waals surface area contributed by atoms with E-state index in [0.29, 0.717) is 44.4 Å². The van der Waals surface area contributed by atoms with Crippen LogP contribution in [-0.4, -0.2) is 12.5 Å². The van der Waals surface area contributed by atoms with E-state index in [4.69, 9.17) is 44.3 Å². The highest BCUT2D eigenvalue weighted by molar-refractivity contribution is 6.35. The largest absolute Gasteiger partial charge is 0.489 e. The predicted molar refractivity (Wildman–Crippen MR) is 137 cm³/mol. The minimum Gasteiger partial charge on any atom is -0.489 e. The van der Waals surface area contributed by atoms with E-state index in [-0.39, 0.29) is 12.2 Å². The van der Waals surface area contributed by atoms with Crippen molar-refractivity contribution in [2.24, 2.45) is 0 Å². The van der Waals surface area contributed by atoms with Gasteiger partial charge in [0, 0.05) is 21.3 Å². The van der Waals surface area contributed by atoms with Crippen LogP contribution in [0, 0.1) is 11.3 Å². The Morgan fingerprint density at radius 1 is 1.00 bits per heavy atom. The van der Waals surface area contributed by atoms with Crippen molar-refractivity contribution in [3.05, 3.63) is 105 Å². The van der Waals surface area contributed by atoms with Gasteiger partial charge in [-0.1, -0.05) is 59.6 Å². The lowest BCUT2D eigenvalue weighted by atomic mass is 10.1. The van der Waals surface area contributed by atoms with Gasteiger partial charge in [-0.15, -0.1) is 0 Å². The number of carbonyl (C=O) groups is 1. The Kier molecular flexibility index (Phi) is 9.00. The predicted octanol–water partition coefficient (Wildman–Crippen LogP) is 7.34. The number of anilines is 1. The summed E-state index contributed by atoms with van der Waals surface area (Å²) < 4.78 is 11.2. The van der Waals surface area contributed by atoms with Gasteiger partial charge in [-0.3, -0.25) is 4.79 Å². The number of hydrogen-bond donors (Lipinski definition) is 1. The van der Waals surface area contributed by atoms with Crippen LogP contribution in [-0.2, 0) is 11.4 Å². The van der Waals surface area contributed by atoms with Crippen LogP contribution in [0.15, 0.2) is 78.9 Å². The van der Waals surface area contributed by atoms with Gasteiger partial charge in [0.05, 0.1) is 5.02 Å². The van der Waals surface area contributed by atoms with Crippen LogP contribution in [0.25, 0.3) is 6.08 Å². The summed E-state index contributed by atoms with van der Waals surface area (Å²) in [6.07, 6.45) is 3.06. The summed E-state index contributed by atoms with van der Waals surface area (Å²) in [7, 11) is 0. The second-order valence-corrected chi connectivity index (χ2v) is 8.21. The van der Waals surface area contributed by atoms with E-state index in [1.807, 2.05) is 6.07 Å². The van der Waals surface area contributed by atoms with E-state index in [1.54, 1.807) is 66.7 Å². The van der Waals surface area contributed by atoms with E-state index < -0.39 is 5.91 Å². The van der Waals surface area contributed by atoms with Gasteiger partial charge < -0.3 is 14.8 Å². The first-order valence-electron chi connectivity index (χ1n) is 10.0. The number of halogens is 3. The van der Waals surface area contributed by atoms with Gasteiger partial charge in [0.1, 0.15) is 36.4 Å². The molecule has 1 amide bonds. The smallest absolute Gasteiger partial charge is 0.266 e. The zero-order valence-corrected chi connectivity index (χ0v) is 20.1. The lowest BCUT2D eigenvalue weighted by Crippen LogP contribution is -2.13. The van der Waals surface area contributed by atoms with E-state index in [1.165, 1.54) is 6.08 Å². The molecule has 1 N–H and O–H groups in total. The molecule has 0 unspecified atom stereocenters. The molecular formula is C26H19Cl3N2O3. The van der Waals surface area contributed by atoms with Crippen LogP contribution in [0.4, 0.5) is 5.69 Å². The molecule has 3 aromatic carbocycles. The average Bonchev–Trinajstić information content (AvgIpc) is 2.82. The van der Waals surface area contributed by atoms with E-state index in [0.717, 1.165) is 5.56 Å². The lowest BCUT2D eigenvalue weighted by Gasteiger charge is -2.10. The molecule has 5 nitrogen and oxygen atoms in total. The molecule has 8 heteroatoms. The van der Waals surface area contributed by atoms with Crippen LogP contribution in [0.3, 0.4) is 0 Å². The van der Waals surface area contributed by atoms with Crippen molar-refractivity contribution in [1.29, 1.82) is 5.26 Å². The van der Waals surface area contributed by atoms with Gasteiger partial charge in [0.2, 0.25) is 0 Å². The summed E-state index contributed by atoms with van der Waals surface area (Å²) in [5, 5.41) is 13.6. The van der Waals surface area contributed by atoms with Crippen LogP contribution in [0.5, 0.6) is 11.5 Å². The molecular weight excluding hydrogens is 495 g/mol. The Morgan fingerprint density at radius 3 is 2.41 bits per heavy atom. The molecule has 0 atom stereocenters. The fourth-order valence-electron chi connectivity index (χ4n) is 2.82. The molecule has 0 saturated carbocycles. The van der Waals surface area contributed by atoms with Crippen molar-refractivity contribution in [2.45, 2.75) is 6.61 Å². The molecule has 0 bridgehead atoms. The maximum atomic E-state index is 12.6. The number of hydrogen-bond acceptors (Lipinski definition) is 4. The third-order valence-corrected chi connectivity index (χ3v) is 5.39. The topological polar surface area (TPSA) is 71.3 Å². The number of carbonyl (C=O) groups excluding carboxylic acids is 1. The van der Waals surface area contributed by atoms with Crippen molar-refractivity contribution in [1.82, 2.24) is 0 Å². The molecule has 34 heavy (non-hydrogen) atoms. The fraction of sp³-hybridized carbons (Fsp3) is 0.0769. The van der Waals surface area contributed by atoms with Gasteiger partial charge in [0.25, 0.3) is 5.91 Å². The molecule has 0 aromatic heterocycles.